The second-order valence-corrected chi connectivity index (χ2v) is 24.6. The molecule has 15 N–H and O–H groups in total. The average Bonchev–Trinajstić information content (AvgIpc) is 3.66. The minimum absolute atomic E-state index is 0.0539. The molecule has 0 bridgehead atoms. The van der Waals surface area contributed by atoms with Crippen LogP contribution < -0.4 is 26.6 Å². The Morgan fingerprint density at radius 1 is 0.453 bits per heavy atom. The summed E-state index contributed by atoms with van der Waals surface area (Å²) in [5.41, 5.74) is -2.09. The molecule has 3 heterocycles. The van der Waals surface area contributed by atoms with Crippen molar-refractivity contribution in [3.8, 4) is 0 Å². The quantitative estimate of drug-likeness (QED) is 0.0205. The summed E-state index contributed by atoms with van der Waals surface area (Å²) < 4.78 is 69.0. The largest absolute Gasteiger partial charge is 0.394 e. The molecule has 0 radical (unpaired) electrons. The lowest BCUT2D eigenvalue weighted by molar-refractivity contribution is -0.282. The van der Waals surface area contributed by atoms with Crippen LogP contribution in [0.1, 0.15) is 98.8 Å². The maximum Gasteiger partial charge on any atom is 0.330 e. The molecule has 0 aromatic rings. The molecule has 86 heavy (non-hydrogen) atoms. The number of ether oxygens (including phenoxy) is 9. The third kappa shape index (κ3) is 27.5. The van der Waals surface area contributed by atoms with Crippen LogP contribution >= 0.6 is 7.60 Å². The van der Waals surface area contributed by atoms with Crippen LogP contribution in [-0.2, 0) is 75.7 Å². The van der Waals surface area contributed by atoms with Crippen LogP contribution in [0.3, 0.4) is 0 Å². The number of carbonyl (C=O) groups excluding carboxylic acids is 5. The van der Waals surface area contributed by atoms with Gasteiger partial charge in [0, 0.05) is 76.0 Å². The van der Waals surface area contributed by atoms with Crippen molar-refractivity contribution >= 4 is 37.1 Å². The first-order chi connectivity index (χ1) is 40.9. The highest BCUT2D eigenvalue weighted by atomic mass is 31.2. The molecule has 0 saturated carbocycles. The molecule has 31 nitrogen and oxygen atoms in total. The molecular weight excluding hydrogens is 1170 g/mol. The Kier molecular flexibility index (Phi) is 36.9. The summed E-state index contributed by atoms with van der Waals surface area (Å²) in [6.07, 6.45) is -12.4. The van der Waals surface area contributed by atoms with Crippen LogP contribution in [0.5, 0.6) is 0 Å². The van der Waals surface area contributed by atoms with Crippen molar-refractivity contribution in [1.82, 2.24) is 26.6 Å². The van der Waals surface area contributed by atoms with Crippen LogP contribution in [0.25, 0.3) is 0 Å². The van der Waals surface area contributed by atoms with Crippen molar-refractivity contribution in [2.24, 2.45) is 17.8 Å². The molecule has 5 amide bonds. The molecule has 3 rings (SSSR count). The van der Waals surface area contributed by atoms with Crippen LogP contribution in [0, 0.1) is 17.8 Å². The molecule has 3 saturated heterocycles. The molecule has 16 atom stereocenters. The fraction of sp³-hybridized carbons (Fsp3) is 0.907. The summed E-state index contributed by atoms with van der Waals surface area (Å²) in [6, 6.07) is 0. The van der Waals surface area contributed by atoms with Gasteiger partial charge in [-0.2, -0.15) is 0 Å². The smallest absolute Gasteiger partial charge is 0.330 e. The van der Waals surface area contributed by atoms with Crippen molar-refractivity contribution in [1.29, 1.82) is 0 Å². The number of amides is 5. The average molecular weight is 1270 g/mol. The van der Waals surface area contributed by atoms with E-state index in [2.05, 4.69) is 26.6 Å². The second-order valence-electron chi connectivity index (χ2n) is 22.2. The zero-order chi connectivity index (χ0) is 63.8. The van der Waals surface area contributed by atoms with Crippen molar-refractivity contribution < 1.29 is 127 Å². The molecule has 3 fully saturated rings. The predicted octanol–water partition coefficient (Wildman–Crippen LogP) is -3.86. The summed E-state index contributed by atoms with van der Waals surface area (Å²) >= 11 is 0. The zero-order valence-electron chi connectivity index (χ0n) is 50.3. The summed E-state index contributed by atoms with van der Waals surface area (Å²) in [7, 11) is -3.77. The number of rotatable bonds is 44. The highest BCUT2D eigenvalue weighted by molar-refractivity contribution is 7.53. The van der Waals surface area contributed by atoms with Crippen molar-refractivity contribution in [3.63, 3.8) is 0 Å². The Bertz CT molecular complexity index is 1840. The van der Waals surface area contributed by atoms with Crippen LogP contribution in [0.2, 0.25) is 0 Å². The molecule has 3 aliphatic rings. The molecule has 10 unspecified atom stereocenters. The van der Waals surface area contributed by atoms with Gasteiger partial charge in [-0.15, -0.1) is 0 Å². The first-order valence-corrected chi connectivity index (χ1v) is 31.4. The van der Waals surface area contributed by atoms with Gasteiger partial charge in [0.15, 0.2) is 18.9 Å². The van der Waals surface area contributed by atoms with Gasteiger partial charge in [0.2, 0.25) is 29.5 Å². The number of nitrogens with one attached hydrogen (secondary N) is 5. The Labute approximate surface area is 502 Å². The molecule has 3 aliphatic heterocycles. The van der Waals surface area contributed by atoms with Crippen LogP contribution in [0.4, 0.5) is 0 Å². The molecular formula is C54H100N5O26P. The van der Waals surface area contributed by atoms with Gasteiger partial charge >= 0.3 is 7.60 Å². The first kappa shape index (κ1) is 77.0. The van der Waals surface area contributed by atoms with Gasteiger partial charge in [-0.05, 0) is 32.1 Å². The fourth-order valence-corrected chi connectivity index (χ4v) is 9.72. The maximum absolute atomic E-state index is 13.7. The van der Waals surface area contributed by atoms with Gasteiger partial charge < -0.3 is 125 Å². The van der Waals surface area contributed by atoms with Crippen molar-refractivity contribution in [2.75, 3.05) is 112 Å². The number of aliphatic hydroxyl groups is 9. The van der Waals surface area contributed by atoms with E-state index in [1.165, 1.54) is 0 Å². The maximum atomic E-state index is 13.7. The number of hydrogen-bond donors (Lipinski definition) is 15. The SMILES string of the molecule is CC1[C@H](OCCCNC(=O)CCOCC(COCCC(=O)NCCCO[C@@H]2OC(CO)C(O)[C@H](O)C2C)(COCCC(=O)NCCCO[C@@H]2OC(CO)C(O)[C@H](O)C2C)NC(=O)CCCC(=O)NCCCOP(=O)(O)C(C)C)OC(CO)C(O)[C@@H]1O. The summed E-state index contributed by atoms with van der Waals surface area (Å²) in [4.78, 5) is 75.0. The van der Waals surface area contributed by atoms with E-state index in [4.69, 9.17) is 47.2 Å². The number of aliphatic hydroxyl groups excluding tert-OH is 9. The molecule has 32 heteroatoms. The minimum atomic E-state index is -3.77. The Morgan fingerprint density at radius 3 is 1.07 bits per heavy atom. The number of carbonyl (C=O) groups is 5. The molecule has 0 aromatic carbocycles. The third-order valence-electron chi connectivity index (χ3n) is 14.7. The van der Waals surface area contributed by atoms with Gasteiger partial charge in [-0.25, -0.2) is 0 Å². The van der Waals surface area contributed by atoms with Gasteiger partial charge in [-0.1, -0.05) is 34.6 Å². The van der Waals surface area contributed by atoms with E-state index in [0.717, 1.165) is 0 Å². The highest BCUT2D eigenvalue weighted by Crippen LogP contribution is 2.47. The Balaban J connectivity index is 1.62. The lowest BCUT2D eigenvalue weighted by atomic mass is 9.92. The van der Waals surface area contributed by atoms with E-state index < -0.39 is 154 Å². The highest BCUT2D eigenvalue weighted by Gasteiger charge is 2.45. The van der Waals surface area contributed by atoms with E-state index in [0.29, 0.717) is 19.3 Å². The lowest BCUT2D eigenvalue weighted by Crippen LogP contribution is -2.58. The van der Waals surface area contributed by atoms with Gasteiger partial charge in [0.05, 0.1) is 110 Å². The summed E-state index contributed by atoms with van der Waals surface area (Å²) in [5, 5.41) is 104. The molecule has 0 spiro atoms. The Hall–Kier alpha value is -3.22. The van der Waals surface area contributed by atoms with E-state index in [-0.39, 0.29) is 143 Å². The van der Waals surface area contributed by atoms with Crippen molar-refractivity contribution in [3.05, 3.63) is 0 Å². The molecule has 0 aliphatic carbocycles. The Morgan fingerprint density at radius 2 is 0.756 bits per heavy atom. The number of hydrogen-bond acceptors (Lipinski definition) is 25. The summed E-state index contributed by atoms with van der Waals surface area (Å²) in [5.74, 6) is -3.89. The van der Waals surface area contributed by atoms with Crippen LogP contribution in [-0.4, -0.2) is 277 Å². The third-order valence-corrected chi connectivity index (χ3v) is 16.5. The van der Waals surface area contributed by atoms with E-state index in [9.17, 15) is 79.4 Å². The van der Waals surface area contributed by atoms with Gasteiger partial charge in [0.25, 0.3) is 0 Å². The minimum Gasteiger partial charge on any atom is -0.394 e. The lowest BCUT2D eigenvalue weighted by Gasteiger charge is -2.40. The van der Waals surface area contributed by atoms with Gasteiger partial charge in [0.1, 0.15) is 42.2 Å². The second kappa shape index (κ2) is 41.2. The standard InChI is InChI=1S/C54H100N5O26P/c1-33(2)86(74,75)82-23-10-19-55-40(63)11-6-12-44(67)59-54(30-76-24-13-41(64)56-16-7-20-79-51-34(3)45(68)48(71)37(27-60)83-51,31-77-25-14-42(65)57-17-8-21-80-52-35(4)46(69)49(72)38(28-61)84-52)32-78-26-15-43(66)58-18-9-22-81-53-36(5)47(70)50(73)39(29-62)85-53/h33-39,45-53,60-62,68-73H,6-32H2,1-5H3,(H,55,63)(H,56,64)(H,57,65)(H,58,66)(H,59,67)(H,74,75)/t34?,35?,36?,37?,38?,39?,45-,46-,47-,48?,49?,50?,51-,52-,53-,54?/m1/s1. The molecule has 502 valence electrons. The topological polar surface area (TPSA) is 457 Å². The van der Waals surface area contributed by atoms with E-state index in [1.807, 2.05) is 0 Å². The van der Waals surface area contributed by atoms with E-state index >= 15 is 0 Å². The zero-order valence-corrected chi connectivity index (χ0v) is 51.2. The van der Waals surface area contributed by atoms with Gasteiger partial charge in [-0.3, -0.25) is 28.5 Å². The van der Waals surface area contributed by atoms with Crippen molar-refractivity contribution in [2.45, 2.75) is 184 Å². The molecule has 0 aromatic heterocycles. The van der Waals surface area contributed by atoms with E-state index in [1.54, 1.807) is 34.6 Å². The van der Waals surface area contributed by atoms with Crippen LogP contribution in [0.15, 0.2) is 0 Å². The fourth-order valence-electron chi connectivity index (χ4n) is 9.03. The first-order valence-electron chi connectivity index (χ1n) is 29.7. The monoisotopic (exact) mass is 1270 g/mol. The predicted molar refractivity (Wildman–Crippen MR) is 301 cm³/mol. The normalized spacial score (nSPS) is 29.1. The summed E-state index contributed by atoms with van der Waals surface area (Å²) in [6.45, 7) is 6.07.